The molecule has 0 amide bonds. The normalized spacial score (nSPS) is 12.1. The number of hydrogen-bond acceptors (Lipinski definition) is 1. The first-order valence-corrected chi connectivity index (χ1v) is 18.0. The van der Waals surface area contributed by atoms with Crippen molar-refractivity contribution in [3.8, 4) is 66.8 Å². The van der Waals surface area contributed by atoms with Gasteiger partial charge in [0.2, 0.25) is 0 Å². The summed E-state index contributed by atoms with van der Waals surface area (Å²) < 4.78 is 0. The van der Waals surface area contributed by atoms with Crippen LogP contribution in [-0.4, -0.2) is 5.78 Å². The van der Waals surface area contributed by atoms with E-state index >= 15 is 0 Å². The number of ketones is 1. The molecule has 0 aliphatic heterocycles. The predicted molar refractivity (Wildman–Crippen MR) is 216 cm³/mol. The van der Waals surface area contributed by atoms with Crippen molar-refractivity contribution < 1.29 is 4.79 Å². The maximum Gasteiger partial charge on any atom is 0.193 e. The molecule has 0 fully saturated rings. The van der Waals surface area contributed by atoms with Gasteiger partial charge in [0.05, 0.1) is 0 Å². The van der Waals surface area contributed by atoms with Crippen molar-refractivity contribution in [3.63, 3.8) is 0 Å². The van der Waals surface area contributed by atoms with E-state index in [9.17, 15) is 4.79 Å². The zero-order chi connectivity index (χ0) is 34.9. The molecule has 0 radical (unpaired) electrons. The fourth-order valence-corrected chi connectivity index (χ4v) is 7.56. The van der Waals surface area contributed by atoms with Gasteiger partial charge in [-0.2, -0.15) is 0 Å². The molecule has 0 aromatic heterocycles. The van der Waals surface area contributed by atoms with Gasteiger partial charge in [-0.25, -0.2) is 0 Å². The Morgan fingerprint density at radius 1 is 0.250 bits per heavy atom. The Kier molecular flexibility index (Phi) is 8.23. The monoisotopic (exact) mass is 664 g/mol. The van der Waals surface area contributed by atoms with Gasteiger partial charge in [0.15, 0.2) is 5.78 Å². The van der Waals surface area contributed by atoms with Crippen LogP contribution in [0, 0.1) is 0 Å². The number of fused-ring (bicyclic) bond motifs is 2. The molecule has 52 heavy (non-hydrogen) atoms. The van der Waals surface area contributed by atoms with Crippen molar-refractivity contribution in [1.29, 1.82) is 0 Å². The summed E-state index contributed by atoms with van der Waals surface area (Å²) in [6.07, 6.45) is 1.66. The molecule has 1 aliphatic carbocycles. The molecule has 0 spiro atoms. The third-order valence-electron chi connectivity index (χ3n) is 10.3. The van der Waals surface area contributed by atoms with E-state index < -0.39 is 0 Å². The molecule has 0 bridgehead atoms. The standard InChI is InChI=1S/C51H36O/c52-51-49-33-41(47-29-43(35-13-5-1-6-14-35)27-44(30-47)36-15-7-2-8-16-36)25-23-39(49)21-22-40-24-26-42(34-50(40)51)48-31-45(37-17-9-3-10-18-37)28-46(32-48)38-19-11-4-12-20-38/h1-20,23-34H,21-22H2. The lowest BCUT2D eigenvalue weighted by Gasteiger charge is -2.14. The Bertz CT molecular complexity index is 2250. The van der Waals surface area contributed by atoms with Crippen LogP contribution < -0.4 is 0 Å². The molecule has 1 heteroatoms. The zero-order valence-electron chi connectivity index (χ0n) is 28.8. The van der Waals surface area contributed by atoms with E-state index in [1.165, 1.54) is 22.3 Å². The highest BCUT2D eigenvalue weighted by Crippen LogP contribution is 2.37. The van der Waals surface area contributed by atoms with E-state index in [0.29, 0.717) is 0 Å². The first-order chi connectivity index (χ1) is 25.7. The van der Waals surface area contributed by atoms with Crippen molar-refractivity contribution in [1.82, 2.24) is 0 Å². The molecule has 0 heterocycles. The summed E-state index contributed by atoms with van der Waals surface area (Å²) in [5.74, 6) is 0.0937. The number of hydrogen-bond donors (Lipinski definition) is 0. The minimum Gasteiger partial charge on any atom is -0.289 e. The summed E-state index contributed by atoms with van der Waals surface area (Å²) in [6.45, 7) is 0. The summed E-state index contributed by atoms with van der Waals surface area (Å²) in [7, 11) is 0. The van der Waals surface area contributed by atoms with Crippen molar-refractivity contribution in [3.05, 3.63) is 216 Å². The highest BCUT2D eigenvalue weighted by Gasteiger charge is 2.23. The third-order valence-corrected chi connectivity index (χ3v) is 10.3. The fourth-order valence-electron chi connectivity index (χ4n) is 7.56. The summed E-state index contributed by atoms with van der Waals surface area (Å²) in [5, 5.41) is 0. The van der Waals surface area contributed by atoms with E-state index in [1.54, 1.807) is 0 Å². The summed E-state index contributed by atoms with van der Waals surface area (Å²) in [4.78, 5) is 14.6. The first kappa shape index (κ1) is 31.4. The molecule has 1 nitrogen and oxygen atoms in total. The van der Waals surface area contributed by atoms with Crippen molar-refractivity contribution in [2.45, 2.75) is 12.8 Å². The molecule has 0 saturated heterocycles. The molecule has 0 saturated carbocycles. The van der Waals surface area contributed by atoms with Crippen LogP contribution >= 0.6 is 0 Å². The largest absolute Gasteiger partial charge is 0.289 e. The fraction of sp³-hybridized carbons (Fsp3) is 0.0392. The van der Waals surface area contributed by atoms with E-state index in [0.717, 1.165) is 79.6 Å². The quantitative estimate of drug-likeness (QED) is 0.173. The summed E-state index contributed by atoms with van der Waals surface area (Å²) >= 11 is 0. The van der Waals surface area contributed by atoms with Gasteiger partial charge < -0.3 is 0 Å². The average molecular weight is 665 g/mol. The van der Waals surface area contributed by atoms with E-state index in [1.807, 2.05) is 0 Å². The van der Waals surface area contributed by atoms with Gasteiger partial charge >= 0.3 is 0 Å². The van der Waals surface area contributed by atoms with Crippen LogP contribution in [-0.2, 0) is 12.8 Å². The van der Waals surface area contributed by atoms with Crippen LogP contribution in [0.15, 0.2) is 194 Å². The lowest BCUT2D eigenvalue weighted by Crippen LogP contribution is -2.05. The van der Waals surface area contributed by atoms with Crippen LogP contribution in [0.2, 0.25) is 0 Å². The Morgan fingerprint density at radius 2 is 0.519 bits per heavy atom. The minimum atomic E-state index is 0.0937. The summed E-state index contributed by atoms with van der Waals surface area (Å²) in [6, 6.07) is 68.6. The Morgan fingerprint density at radius 3 is 0.808 bits per heavy atom. The van der Waals surface area contributed by atoms with Gasteiger partial charge in [0.25, 0.3) is 0 Å². The lowest BCUT2D eigenvalue weighted by molar-refractivity contribution is 0.103. The van der Waals surface area contributed by atoms with Crippen molar-refractivity contribution in [2.75, 3.05) is 0 Å². The van der Waals surface area contributed by atoms with Crippen LogP contribution in [0.5, 0.6) is 0 Å². The van der Waals surface area contributed by atoms with Gasteiger partial charge in [0, 0.05) is 11.1 Å². The topological polar surface area (TPSA) is 17.1 Å². The second-order valence-electron chi connectivity index (χ2n) is 13.6. The number of aryl methyl sites for hydroxylation is 2. The Labute approximate surface area is 305 Å². The van der Waals surface area contributed by atoms with Crippen LogP contribution in [0.3, 0.4) is 0 Å². The highest BCUT2D eigenvalue weighted by atomic mass is 16.1. The molecule has 0 unspecified atom stereocenters. The highest BCUT2D eigenvalue weighted by molar-refractivity contribution is 6.12. The number of carbonyl (C=O) groups is 1. The van der Waals surface area contributed by atoms with Crippen LogP contribution in [0.4, 0.5) is 0 Å². The second kappa shape index (κ2) is 13.6. The molecule has 246 valence electrons. The lowest BCUT2D eigenvalue weighted by atomic mass is 9.89. The Balaban J connectivity index is 1.13. The van der Waals surface area contributed by atoms with Gasteiger partial charge in [-0.15, -0.1) is 0 Å². The van der Waals surface area contributed by atoms with Gasteiger partial charge in [-0.3, -0.25) is 4.79 Å². The molecule has 8 aromatic carbocycles. The van der Waals surface area contributed by atoms with Crippen molar-refractivity contribution in [2.24, 2.45) is 0 Å². The number of carbonyl (C=O) groups excluding carboxylic acids is 1. The molecule has 0 N–H and O–H groups in total. The molecule has 8 aromatic rings. The second-order valence-corrected chi connectivity index (χ2v) is 13.6. The zero-order valence-corrected chi connectivity index (χ0v) is 28.8. The Hall–Kier alpha value is -6.57. The molecule has 0 atom stereocenters. The molecular weight excluding hydrogens is 629 g/mol. The molecule has 9 rings (SSSR count). The number of benzene rings is 8. The van der Waals surface area contributed by atoms with Crippen molar-refractivity contribution >= 4 is 5.78 Å². The number of rotatable bonds is 6. The van der Waals surface area contributed by atoms with E-state index in [2.05, 4.69) is 194 Å². The van der Waals surface area contributed by atoms with Gasteiger partial charge in [-0.05, 0) is 139 Å². The maximum atomic E-state index is 14.6. The average Bonchev–Trinajstić information content (AvgIpc) is 3.37. The molecule has 1 aliphatic rings. The SMILES string of the molecule is O=C1c2cc(-c3cc(-c4ccccc4)cc(-c4ccccc4)c3)ccc2CCc2ccc(-c3cc(-c4ccccc4)cc(-c4ccccc4)c3)cc21. The first-order valence-electron chi connectivity index (χ1n) is 18.0. The van der Waals surface area contributed by atoms with Gasteiger partial charge in [-0.1, -0.05) is 146 Å². The summed E-state index contributed by atoms with van der Waals surface area (Å²) in [5.41, 5.74) is 17.4. The van der Waals surface area contributed by atoms with Crippen LogP contribution in [0.1, 0.15) is 27.0 Å². The van der Waals surface area contributed by atoms with Gasteiger partial charge in [0.1, 0.15) is 0 Å². The molecular formula is C51H36O. The smallest absolute Gasteiger partial charge is 0.193 e. The van der Waals surface area contributed by atoms with E-state index in [-0.39, 0.29) is 5.78 Å². The van der Waals surface area contributed by atoms with E-state index in [4.69, 9.17) is 0 Å². The maximum absolute atomic E-state index is 14.6. The third kappa shape index (κ3) is 6.19. The van der Waals surface area contributed by atoms with Crippen LogP contribution in [0.25, 0.3) is 66.8 Å². The minimum absolute atomic E-state index is 0.0937. The predicted octanol–water partition coefficient (Wildman–Crippen LogP) is 13.0.